The summed E-state index contributed by atoms with van der Waals surface area (Å²) in [6.45, 7) is 10.9. The average molecular weight is 152 g/mol. The molecule has 2 nitrogen and oxygen atoms in total. The molecular weight excluding hydrogens is 136 g/mol. The average Bonchev–Trinajstić information content (AvgIpc) is 2.03. The molecule has 0 unspecified atom stereocenters. The Morgan fingerprint density at radius 2 is 1.82 bits per heavy atom. The third kappa shape index (κ3) is 6.58. The summed E-state index contributed by atoms with van der Waals surface area (Å²) >= 11 is 0. The molecule has 0 heterocycles. The van der Waals surface area contributed by atoms with Gasteiger partial charge in [0.25, 0.3) is 0 Å². The maximum absolute atomic E-state index is 6.95. The van der Waals surface area contributed by atoms with Crippen molar-refractivity contribution in [2.45, 2.75) is 13.8 Å². The second-order valence-electron chi connectivity index (χ2n) is 1.48. The van der Waals surface area contributed by atoms with Crippen molar-refractivity contribution in [2.75, 3.05) is 0 Å². The van der Waals surface area contributed by atoms with Crippen LogP contribution in [0.5, 0.6) is 0 Å². The first-order valence-corrected chi connectivity index (χ1v) is 3.52. The SMILES string of the molecule is C=C/C=C(\C=C)C(=N)N.CC. The lowest BCUT2D eigenvalue weighted by Crippen LogP contribution is -2.10. The summed E-state index contributed by atoms with van der Waals surface area (Å²) in [5, 5.41) is 6.95. The molecular formula is C9H16N2. The van der Waals surface area contributed by atoms with E-state index < -0.39 is 0 Å². The molecule has 0 bridgehead atoms. The number of amidine groups is 1. The molecule has 0 aliphatic rings. The molecule has 0 saturated heterocycles. The van der Waals surface area contributed by atoms with Gasteiger partial charge in [-0.1, -0.05) is 45.2 Å². The van der Waals surface area contributed by atoms with Gasteiger partial charge in [0.05, 0.1) is 0 Å². The van der Waals surface area contributed by atoms with Gasteiger partial charge in [0, 0.05) is 5.57 Å². The Morgan fingerprint density at radius 3 is 1.91 bits per heavy atom. The van der Waals surface area contributed by atoms with Crippen LogP contribution in [-0.4, -0.2) is 5.84 Å². The van der Waals surface area contributed by atoms with Gasteiger partial charge in [-0.05, 0) is 0 Å². The van der Waals surface area contributed by atoms with E-state index in [4.69, 9.17) is 11.1 Å². The number of nitrogens with two attached hydrogens (primary N) is 1. The Kier molecular flexibility index (Phi) is 9.78. The Morgan fingerprint density at radius 1 is 1.36 bits per heavy atom. The molecule has 0 aliphatic heterocycles. The Hall–Kier alpha value is -1.31. The van der Waals surface area contributed by atoms with E-state index in [-0.39, 0.29) is 5.84 Å². The van der Waals surface area contributed by atoms with Gasteiger partial charge in [-0.25, -0.2) is 0 Å². The molecule has 0 radical (unpaired) electrons. The van der Waals surface area contributed by atoms with Crippen LogP contribution in [0.4, 0.5) is 0 Å². The molecule has 0 amide bonds. The van der Waals surface area contributed by atoms with Gasteiger partial charge < -0.3 is 5.73 Å². The van der Waals surface area contributed by atoms with E-state index in [2.05, 4.69) is 13.2 Å². The Labute approximate surface area is 68.6 Å². The minimum Gasteiger partial charge on any atom is -0.384 e. The fourth-order valence-electron chi connectivity index (χ4n) is 0.395. The normalized spacial score (nSPS) is 9.09. The summed E-state index contributed by atoms with van der Waals surface area (Å²) in [5.74, 6) is 0.0184. The predicted octanol–water partition coefficient (Wildman–Crippen LogP) is 2.25. The van der Waals surface area contributed by atoms with Gasteiger partial charge in [0.1, 0.15) is 5.84 Å². The smallest absolute Gasteiger partial charge is 0.122 e. The number of hydrogen-bond donors (Lipinski definition) is 2. The van der Waals surface area contributed by atoms with E-state index in [9.17, 15) is 0 Å². The van der Waals surface area contributed by atoms with E-state index in [0.29, 0.717) is 5.57 Å². The molecule has 3 N–H and O–H groups in total. The van der Waals surface area contributed by atoms with Crippen LogP contribution in [0.15, 0.2) is 37.0 Å². The van der Waals surface area contributed by atoms with E-state index >= 15 is 0 Å². The molecule has 0 atom stereocenters. The summed E-state index contributed by atoms with van der Waals surface area (Å²) in [4.78, 5) is 0. The van der Waals surface area contributed by atoms with Crippen molar-refractivity contribution in [2.24, 2.45) is 5.73 Å². The molecule has 0 aliphatic carbocycles. The molecule has 2 heteroatoms. The number of hydrogen-bond acceptors (Lipinski definition) is 1. The highest BCUT2D eigenvalue weighted by atomic mass is 14.7. The standard InChI is InChI=1S/C7H10N2.C2H6/c1-3-5-6(4-2)7(8)9;1-2/h3-5H,1-2H2,(H3,8,9);1-2H3/b6-5+;. The summed E-state index contributed by atoms with van der Waals surface area (Å²) in [6, 6.07) is 0. The summed E-state index contributed by atoms with van der Waals surface area (Å²) < 4.78 is 0. The zero-order chi connectivity index (χ0) is 9.28. The number of allylic oxidation sites excluding steroid dienone is 2. The van der Waals surface area contributed by atoms with Crippen LogP contribution in [-0.2, 0) is 0 Å². The molecule has 62 valence electrons. The fourth-order valence-corrected chi connectivity index (χ4v) is 0.395. The van der Waals surface area contributed by atoms with E-state index in [1.165, 1.54) is 6.08 Å². The van der Waals surface area contributed by atoms with Crippen molar-refractivity contribution in [1.82, 2.24) is 0 Å². The third-order valence-electron chi connectivity index (χ3n) is 0.828. The lowest BCUT2D eigenvalue weighted by Gasteiger charge is -1.93. The minimum absolute atomic E-state index is 0.0184. The fraction of sp³-hybridized carbons (Fsp3) is 0.222. The third-order valence-corrected chi connectivity index (χ3v) is 0.828. The maximum Gasteiger partial charge on any atom is 0.122 e. The van der Waals surface area contributed by atoms with Gasteiger partial charge in [-0.15, -0.1) is 0 Å². The highest BCUT2D eigenvalue weighted by Crippen LogP contribution is 1.92. The zero-order valence-electron chi connectivity index (χ0n) is 7.22. The van der Waals surface area contributed by atoms with Crippen molar-refractivity contribution in [3.63, 3.8) is 0 Å². The molecule has 0 spiro atoms. The first-order valence-electron chi connectivity index (χ1n) is 3.52. The molecule has 0 aromatic heterocycles. The van der Waals surface area contributed by atoms with Crippen molar-refractivity contribution in [1.29, 1.82) is 5.41 Å². The first kappa shape index (κ1) is 12.4. The quantitative estimate of drug-likeness (QED) is 0.363. The van der Waals surface area contributed by atoms with Crippen molar-refractivity contribution in [3.05, 3.63) is 37.0 Å². The van der Waals surface area contributed by atoms with Crippen LogP contribution in [0, 0.1) is 5.41 Å². The summed E-state index contributed by atoms with van der Waals surface area (Å²) in [7, 11) is 0. The van der Waals surface area contributed by atoms with Crippen LogP contribution in [0.2, 0.25) is 0 Å². The van der Waals surface area contributed by atoms with Gasteiger partial charge in [-0.2, -0.15) is 0 Å². The van der Waals surface area contributed by atoms with Crippen LogP contribution in [0.3, 0.4) is 0 Å². The van der Waals surface area contributed by atoms with Gasteiger partial charge >= 0.3 is 0 Å². The number of nitrogens with one attached hydrogen (secondary N) is 1. The highest BCUT2D eigenvalue weighted by molar-refractivity contribution is 5.97. The van der Waals surface area contributed by atoms with Gasteiger partial charge in [-0.3, -0.25) is 5.41 Å². The molecule has 0 rings (SSSR count). The van der Waals surface area contributed by atoms with Crippen LogP contribution in [0.1, 0.15) is 13.8 Å². The topological polar surface area (TPSA) is 49.9 Å². The monoisotopic (exact) mass is 152 g/mol. The molecule has 0 fully saturated rings. The maximum atomic E-state index is 6.95. The molecule has 0 aromatic carbocycles. The van der Waals surface area contributed by atoms with Crippen molar-refractivity contribution in [3.8, 4) is 0 Å². The molecule has 11 heavy (non-hydrogen) atoms. The van der Waals surface area contributed by atoms with Crippen molar-refractivity contribution >= 4 is 5.84 Å². The Balaban J connectivity index is 0. The van der Waals surface area contributed by atoms with Gasteiger partial charge in [0.2, 0.25) is 0 Å². The minimum atomic E-state index is 0.0184. The zero-order valence-corrected chi connectivity index (χ0v) is 7.22. The van der Waals surface area contributed by atoms with E-state index in [1.54, 1.807) is 12.2 Å². The van der Waals surface area contributed by atoms with Crippen LogP contribution < -0.4 is 5.73 Å². The molecule has 0 saturated carbocycles. The van der Waals surface area contributed by atoms with E-state index in [0.717, 1.165) is 0 Å². The summed E-state index contributed by atoms with van der Waals surface area (Å²) in [5.41, 5.74) is 5.73. The van der Waals surface area contributed by atoms with Crippen LogP contribution >= 0.6 is 0 Å². The summed E-state index contributed by atoms with van der Waals surface area (Å²) in [6.07, 6.45) is 4.72. The van der Waals surface area contributed by atoms with Crippen LogP contribution in [0.25, 0.3) is 0 Å². The predicted molar refractivity (Wildman–Crippen MR) is 51.7 cm³/mol. The lowest BCUT2D eigenvalue weighted by molar-refractivity contribution is 1.43. The second kappa shape index (κ2) is 8.69. The largest absolute Gasteiger partial charge is 0.384 e. The van der Waals surface area contributed by atoms with Gasteiger partial charge in [0.15, 0.2) is 0 Å². The lowest BCUT2D eigenvalue weighted by atomic mass is 10.2. The highest BCUT2D eigenvalue weighted by Gasteiger charge is 1.89. The van der Waals surface area contributed by atoms with E-state index in [1.807, 2.05) is 13.8 Å². The molecule has 0 aromatic rings. The first-order chi connectivity index (χ1) is 5.22. The Bertz CT molecular complexity index is 166. The van der Waals surface area contributed by atoms with Crippen molar-refractivity contribution < 1.29 is 0 Å². The second-order valence-corrected chi connectivity index (χ2v) is 1.48. The number of rotatable bonds is 3.